The van der Waals surface area contributed by atoms with Gasteiger partial charge < -0.3 is 9.64 Å². The van der Waals surface area contributed by atoms with Crippen LogP contribution < -0.4 is 4.90 Å². The molecule has 0 aliphatic carbocycles. The molecule has 0 radical (unpaired) electrons. The van der Waals surface area contributed by atoms with E-state index < -0.39 is 0 Å². The van der Waals surface area contributed by atoms with Crippen LogP contribution in [0.1, 0.15) is 26.0 Å². The first-order valence-electron chi connectivity index (χ1n) is 8.27. The Morgan fingerprint density at radius 2 is 2.04 bits per heavy atom. The van der Waals surface area contributed by atoms with Gasteiger partial charge in [0.2, 0.25) is 0 Å². The summed E-state index contributed by atoms with van der Waals surface area (Å²) in [7, 11) is 1.80. The number of pyridine rings is 1. The molecule has 2 atom stereocenters. The lowest BCUT2D eigenvalue weighted by Gasteiger charge is -2.37. The molecule has 5 heteroatoms. The minimum atomic E-state index is 0.258. The van der Waals surface area contributed by atoms with Crippen molar-refractivity contribution >= 4 is 5.82 Å². The fourth-order valence-electron chi connectivity index (χ4n) is 3.01. The highest BCUT2D eigenvalue weighted by atomic mass is 16.5. The molecule has 0 spiro atoms. The van der Waals surface area contributed by atoms with Gasteiger partial charge in [-0.1, -0.05) is 13.8 Å². The van der Waals surface area contributed by atoms with Crippen molar-refractivity contribution in [3.05, 3.63) is 36.3 Å². The molecule has 5 nitrogen and oxygen atoms in total. The van der Waals surface area contributed by atoms with Crippen LogP contribution in [0.25, 0.3) is 11.4 Å². The summed E-state index contributed by atoms with van der Waals surface area (Å²) in [6, 6.07) is 6.01. The van der Waals surface area contributed by atoms with E-state index in [1.54, 1.807) is 19.5 Å². The Morgan fingerprint density at radius 1 is 1.26 bits per heavy atom. The summed E-state index contributed by atoms with van der Waals surface area (Å²) >= 11 is 0. The minimum Gasteiger partial charge on any atom is -0.379 e. The summed E-state index contributed by atoms with van der Waals surface area (Å²) in [5.41, 5.74) is 2.07. The van der Waals surface area contributed by atoms with Crippen LogP contribution in [0.5, 0.6) is 0 Å². The third-order valence-electron chi connectivity index (χ3n) is 4.58. The van der Waals surface area contributed by atoms with E-state index >= 15 is 0 Å². The molecule has 2 unspecified atom stereocenters. The number of anilines is 1. The Labute approximate surface area is 137 Å². The van der Waals surface area contributed by atoms with Gasteiger partial charge >= 0.3 is 0 Å². The summed E-state index contributed by atoms with van der Waals surface area (Å²) in [4.78, 5) is 15.9. The number of nitrogens with zero attached hydrogens (tertiary/aromatic N) is 4. The van der Waals surface area contributed by atoms with Crippen LogP contribution >= 0.6 is 0 Å². The molecule has 0 N–H and O–H groups in total. The van der Waals surface area contributed by atoms with Crippen LogP contribution in [0.3, 0.4) is 0 Å². The average molecular weight is 312 g/mol. The number of hydrogen-bond acceptors (Lipinski definition) is 5. The van der Waals surface area contributed by atoms with E-state index in [9.17, 15) is 0 Å². The number of aromatic nitrogens is 3. The number of piperidine rings is 1. The smallest absolute Gasteiger partial charge is 0.161 e. The predicted molar refractivity (Wildman–Crippen MR) is 91.4 cm³/mol. The second-order valence-corrected chi connectivity index (χ2v) is 6.12. The van der Waals surface area contributed by atoms with Gasteiger partial charge in [-0.05, 0) is 30.9 Å². The zero-order valence-electron chi connectivity index (χ0n) is 14.1. The van der Waals surface area contributed by atoms with Crippen molar-refractivity contribution in [1.29, 1.82) is 0 Å². The molecule has 122 valence electrons. The standard InChI is InChI=1S/C18H24N4O/c1-4-15-11-17(22-10-7-13(2)16(12-22)23-3)21-18(20-15)14-5-8-19-9-6-14/h5-6,8-9,11,13,16H,4,7,10,12H2,1-3H3. The van der Waals surface area contributed by atoms with E-state index in [1.165, 1.54) is 0 Å². The Hall–Kier alpha value is -2.01. The molecule has 0 aromatic carbocycles. The lowest BCUT2D eigenvalue weighted by atomic mass is 9.96. The van der Waals surface area contributed by atoms with Crippen molar-refractivity contribution in [2.45, 2.75) is 32.8 Å². The highest BCUT2D eigenvalue weighted by molar-refractivity contribution is 5.57. The summed E-state index contributed by atoms with van der Waals surface area (Å²) in [5, 5.41) is 0. The Bertz CT molecular complexity index is 647. The summed E-state index contributed by atoms with van der Waals surface area (Å²) in [6.07, 6.45) is 5.83. The topological polar surface area (TPSA) is 51.1 Å². The van der Waals surface area contributed by atoms with E-state index in [4.69, 9.17) is 9.72 Å². The van der Waals surface area contributed by atoms with Crippen LogP contribution in [0.15, 0.2) is 30.6 Å². The van der Waals surface area contributed by atoms with Crippen LogP contribution in [0.4, 0.5) is 5.82 Å². The molecule has 2 aromatic heterocycles. The minimum absolute atomic E-state index is 0.258. The zero-order chi connectivity index (χ0) is 16.2. The second kappa shape index (κ2) is 7.04. The van der Waals surface area contributed by atoms with E-state index in [2.05, 4.69) is 34.8 Å². The maximum atomic E-state index is 5.63. The molecule has 1 saturated heterocycles. The quantitative estimate of drug-likeness (QED) is 0.869. The predicted octanol–water partition coefficient (Wildman–Crippen LogP) is 2.96. The second-order valence-electron chi connectivity index (χ2n) is 6.12. The number of hydrogen-bond donors (Lipinski definition) is 0. The van der Waals surface area contributed by atoms with Gasteiger partial charge in [0.1, 0.15) is 5.82 Å². The van der Waals surface area contributed by atoms with E-state index in [1.807, 2.05) is 12.1 Å². The average Bonchev–Trinajstić information content (AvgIpc) is 2.62. The molecule has 0 bridgehead atoms. The van der Waals surface area contributed by atoms with Gasteiger partial charge in [0.05, 0.1) is 6.10 Å². The van der Waals surface area contributed by atoms with Gasteiger partial charge in [0.15, 0.2) is 5.82 Å². The number of rotatable bonds is 4. The summed E-state index contributed by atoms with van der Waals surface area (Å²) in [6.45, 7) is 6.27. The van der Waals surface area contributed by atoms with Crippen molar-refractivity contribution in [1.82, 2.24) is 15.0 Å². The molecule has 1 aliphatic heterocycles. The first kappa shape index (κ1) is 15.9. The molecule has 2 aromatic rings. The summed E-state index contributed by atoms with van der Waals surface area (Å²) in [5.74, 6) is 2.36. The van der Waals surface area contributed by atoms with Crippen molar-refractivity contribution in [2.75, 3.05) is 25.1 Å². The highest BCUT2D eigenvalue weighted by Crippen LogP contribution is 2.26. The molecule has 0 amide bonds. The van der Waals surface area contributed by atoms with Gasteiger partial charge in [-0.25, -0.2) is 9.97 Å². The molecular weight excluding hydrogens is 288 g/mol. The molecule has 0 saturated carbocycles. The molecule has 1 fully saturated rings. The number of methoxy groups -OCH3 is 1. The summed E-state index contributed by atoms with van der Waals surface area (Å²) < 4.78 is 5.63. The number of ether oxygens (including phenoxy) is 1. The largest absolute Gasteiger partial charge is 0.379 e. The van der Waals surface area contributed by atoms with Crippen molar-refractivity contribution < 1.29 is 4.74 Å². The van der Waals surface area contributed by atoms with Crippen molar-refractivity contribution in [3.63, 3.8) is 0 Å². The lowest BCUT2D eigenvalue weighted by molar-refractivity contribution is 0.0496. The van der Waals surface area contributed by atoms with Crippen molar-refractivity contribution in [2.24, 2.45) is 5.92 Å². The van der Waals surface area contributed by atoms with Crippen molar-refractivity contribution in [3.8, 4) is 11.4 Å². The maximum Gasteiger partial charge on any atom is 0.161 e. The molecule has 23 heavy (non-hydrogen) atoms. The Kier molecular flexibility index (Phi) is 4.86. The van der Waals surface area contributed by atoms with E-state index in [0.29, 0.717) is 5.92 Å². The number of aryl methyl sites for hydroxylation is 1. The SMILES string of the molecule is CCc1cc(N2CCC(C)C(OC)C2)nc(-c2ccncc2)n1. The Balaban J connectivity index is 1.93. The van der Waals surface area contributed by atoms with Crippen LogP contribution in [-0.4, -0.2) is 41.3 Å². The van der Waals surface area contributed by atoms with Crippen LogP contribution in [0, 0.1) is 5.92 Å². The maximum absolute atomic E-state index is 5.63. The first-order chi connectivity index (χ1) is 11.2. The van der Waals surface area contributed by atoms with Gasteiger partial charge in [0.25, 0.3) is 0 Å². The molecule has 3 heterocycles. The molecular formula is C18H24N4O. The molecule has 3 rings (SSSR count). The monoisotopic (exact) mass is 312 g/mol. The lowest BCUT2D eigenvalue weighted by Crippen LogP contribution is -2.44. The van der Waals surface area contributed by atoms with Gasteiger partial charge in [0, 0.05) is 49.9 Å². The van der Waals surface area contributed by atoms with Gasteiger partial charge in [-0.15, -0.1) is 0 Å². The van der Waals surface area contributed by atoms with Crippen LogP contribution in [-0.2, 0) is 11.2 Å². The third-order valence-corrected chi connectivity index (χ3v) is 4.58. The fourth-order valence-corrected chi connectivity index (χ4v) is 3.01. The normalized spacial score (nSPS) is 21.4. The molecule has 1 aliphatic rings. The van der Waals surface area contributed by atoms with Crippen LogP contribution in [0.2, 0.25) is 0 Å². The van der Waals surface area contributed by atoms with Gasteiger partial charge in [-0.2, -0.15) is 0 Å². The van der Waals surface area contributed by atoms with E-state index in [-0.39, 0.29) is 6.10 Å². The fraction of sp³-hybridized carbons (Fsp3) is 0.500. The third kappa shape index (κ3) is 3.50. The Morgan fingerprint density at radius 3 is 2.74 bits per heavy atom. The highest BCUT2D eigenvalue weighted by Gasteiger charge is 2.27. The van der Waals surface area contributed by atoms with E-state index in [0.717, 1.165) is 48.8 Å². The zero-order valence-corrected chi connectivity index (χ0v) is 14.1. The first-order valence-corrected chi connectivity index (χ1v) is 8.27. The van der Waals surface area contributed by atoms with Gasteiger partial charge in [-0.3, -0.25) is 4.98 Å².